The summed E-state index contributed by atoms with van der Waals surface area (Å²) in [5, 5.41) is 21.5. The van der Waals surface area contributed by atoms with Crippen LogP contribution >= 0.6 is 0 Å². The topological polar surface area (TPSA) is 113 Å². The highest BCUT2D eigenvalue weighted by Crippen LogP contribution is 2.02. The molecule has 0 heterocycles. The summed E-state index contributed by atoms with van der Waals surface area (Å²) in [5.74, 6) is 0. The second kappa shape index (κ2) is 7.49. The molecule has 5 nitrogen and oxygen atoms in total. The molecule has 0 aliphatic rings. The molecule has 0 aromatic heterocycles. The smallest absolute Gasteiger partial charge is 0.402 e. The van der Waals surface area contributed by atoms with E-state index in [1.807, 2.05) is 24.3 Å². The lowest BCUT2D eigenvalue weighted by Crippen LogP contribution is -2.07. The van der Waals surface area contributed by atoms with Crippen molar-refractivity contribution in [3.05, 3.63) is 35.4 Å². The molecule has 6 heteroatoms. The summed E-state index contributed by atoms with van der Waals surface area (Å²) >= 11 is 0. The van der Waals surface area contributed by atoms with Crippen LogP contribution in [0, 0.1) is 0 Å². The highest BCUT2D eigenvalue weighted by atomic mass is 16.5. The Kier molecular flexibility index (Phi) is 7.00. The number of hydrogen-bond donors (Lipinski definition) is 5. The van der Waals surface area contributed by atoms with E-state index in [2.05, 4.69) is 0 Å². The molecule has 0 aliphatic carbocycles. The molecular formula is C8H15BN2O3. The molecule has 0 saturated carbocycles. The molecule has 78 valence electrons. The minimum atomic E-state index is -2.17. The fourth-order valence-corrected chi connectivity index (χ4v) is 0.884. The zero-order chi connectivity index (χ0) is 11.0. The number of hydrogen-bond acceptors (Lipinski definition) is 5. The van der Waals surface area contributed by atoms with E-state index < -0.39 is 7.32 Å². The van der Waals surface area contributed by atoms with Crippen LogP contribution in [0.1, 0.15) is 11.1 Å². The lowest BCUT2D eigenvalue weighted by atomic mass is 10.1. The molecule has 0 atom stereocenters. The fraction of sp³-hybridized carbons (Fsp3) is 0.250. The molecule has 14 heavy (non-hydrogen) atoms. The molecule has 0 amide bonds. The van der Waals surface area contributed by atoms with E-state index in [4.69, 9.17) is 26.5 Å². The number of rotatable bonds is 2. The van der Waals surface area contributed by atoms with Gasteiger partial charge >= 0.3 is 7.32 Å². The summed E-state index contributed by atoms with van der Waals surface area (Å²) in [6.07, 6.45) is 0. The first-order chi connectivity index (χ1) is 6.60. The third kappa shape index (κ3) is 6.58. The maximum atomic E-state index is 7.17. The Hall–Kier alpha value is -0.915. The van der Waals surface area contributed by atoms with Gasteiger partial charge in [-0.3, -0.25) is 0 Å². The Labute approximate surface area is 83.2 Å². The predicted molar refractivity (Wildman–Crippen MR) is 54.6 cm³/mol. The van der Waals surface area contributed by atoms with Crippen molar-refractivity contribution >= 4 is 7.32 Å². The van der Waals surface area contributed by atoms with Crippen molar-refractivity contribution in [1.82, 2.24) is 0 Å². The molecule has 0 fully saturated rings. The van der Waals surface area contributed by atoms with Crippen LogP contribution in [-0.4, -0.2) is 22.4 Å². The first-order valence-electron chi connectivity index (χ1n) is 4.12. The van der Waals surface area contributed by atoms with E-state index in [9.17, 15) is 0 Å². The first-order valence-corrected chi connectivity index (χ1v) is 4.12. The quantitative estimate of drug-likeness (QED) is 0.373. The van der Waals surface area contributed by atoms with Gasteiger partial charge in [-0.1, -0.05) is 24.3 Å². The van der Waals surface area contributed by atoms with Crippen molar-refractivity contribution in [1.29, 1.82) is 0 Å². The summed E-state index contributed by atoms with van der Waals surface area (Å²) in [6, 6.07) is 8.00. The zero-order valence-electron chi connectivity index (χ0n) is 7.80. The van der Waals surface area contributed by atoms with Crippen molar-refractivity contribution in [2.45, 2.75) is 13.1 Å². The summed E-state index contributed by atoms with van der Waals surface area (Å²) in [5.41, 5.74) is 13.1. The second-order valence-electron chi connectivity index (χ2n) is 2.57. The van der Waals surface area contributed by atoms with Crippen LogP contribution in [0.3, 0.4) is 0 Å². The third-order valence-corrected chi connectivity index (χ3v) is 1.46. The van der Waals surface area contributed by atoms with E-state index in [0.717, 1.165) is 11.1 Å². The summed E-state index contributed by atoms with van der Waals surface area (Å²) in [7, 11) is -2.17. The predicted octanol–water partition coefficient (Wildman–Crippen LogP) is -1.45. The average Bonchev–Trinajstić information content (AvgIpc) is 2.17. The van der Waals surface area contributed by atoms with Crippen LogP contribution < -0.4 is 11.5 Å². The molecule has 1 aromatic rings. The summed E-state index contributed by atoms with van der Waals surface area (Å²) in [4.78, 5) is 0. The molecule has 0 radical (unpaired) electrons. The van der Waals surface area contributed by atoms with Gasteiger partial charge in [0, 0.05) is 13.1 Å². The highest BCUT2D eigenvalue weighted by Gasteiger charge is 1.92. The van der Waals surface area contributed by atoms with Crippen LogP contribution in [0.15, 0.2) is 24.3 Å². The van der Waals surface area contributed by atoms with Gasteiger partial charge < -0.3 is 26.5 Å². The molecule has 0 bridgehead atoms. The Balaban J connectivity index is 0.000000364. The van der Waals surface area contributed by atoms with Crippen molar-refractivity contribution < 1.29 is 15.1 Å². The Morgan fingerprint density at radius 2 is 1.36 bits per heavy atom. The van der Waals surface area contributed by atoms with Crippen LogP contribution in [0.4, 0.5) is 0 Å². The molecule has 1 aromatic carbocycles. The van der Waals surface area contributed by atoms with E-state index in [1.54, 1.807) is 0 Å². The average molecular weight is 198 g/mol. The molecule has 0 aliphatic heterocycles. The van der Waals surface area contributed by atoms with Gasteiger partial charge in [-0.05, 0) is 11.1 Å². The molecule has 1 rings (SSSR count). The van der Waals surface area contributed by atoms with E-state index in [0.29, 0.717) is 13.1 Å². The minimum Gasteiger partial charge on any atom is -0.402 e. The number of nitrogens with two attached hydrogens (primary N) is 2. The van der Waals surface area contributed by atoms with Gasteiger partial charge in [-0.25, -0.2) is 0 Å². The Morgan fingerprint density at radius 3 is 1.64 bits per heavy atom. The van der Waals surface area contributed by atoms with Crippen LogP contribution in [0.5, 0.6) is 0 Å². The van der Waals surface area contributed by atoms with Gasteiger partial charge in [-0.2, -0.15) is 0 Å². The van der Waals surface area contributed by atoms with Gasteiger partial charge in [0.1, 0.15) is 0 Å². The lowest BCUT2D eigenvalue weighted by Gasteiger charge is -1.98. The Bertz CT molecular complexity index is 236. The van der Waals surface area contributed by atoms with Crippen molar-refractivity contribution in [3.63, 3.8) is 0 Å². The standard InChI is InChI=1S/C8H12N2.BH3O3/c9-5-7-2-1-3-8(4-7)6-10;2-1(3)4/h1-4H,5-6,9-10H2;2-4H. The van der Waals surface area contributed by atoms with Crippen LogP contribution in [0.2, 0.25) is 0 Å². The largest absolute Gasteiger partial charge is 0.631 e. The Morgan fingerprint density at radius 1 is 1.00 bits per heavy atom. The van der Waals surface area contributed by atoms with E-state index in [1.165, 1.54) is 0 Å². The molecule has 7 N–H and O–H groups in total. The number of benzene rings is 1. The van der Waals surface area contributed by atoms with Gasteiger partial charge in [0.15, 0.2) is 0 Å². The van der Waals surface area contributed by atoms with Crippen molar-refractivity contribution in [2.24, 2.45) is 11.5 Å². The third-order valence-electron chi connectivity index (χ3n) is 1.46. The van der Waals surface area contributed by atoms with Gasteiger partial charge in [0.25, 0.3) is 0 Å². The van der Waals surface area contributed by atoms with Gasteiger partial charge in [-0.15, -0.1) is 0 Å². The summed E-state index contributed by atoms with van der Waals surface area (Å²) in [6.45, 7) is 1.18. The van der Waals surface area contributed by atoms with Gasteiger partial charge in [0.05, 0.1) is 0 Å². The molecule has 0 saturated heterocycles. The van der Waals surface area contributed by atoms with Crippen molar-refractivity contribution in [3.8, 4) is 0 Å². The van der Waals surface area contributed by atoms with Crippen LogP contribution in [0.25, 0.3) is 0 Å². The van der Waals surface area contributed by atoms with Crippen LogP contribution in [-0.2, 0) is 13.1 Å². The molecule has 0 unspecified atom stereocenters. The van der Waals surface area contributed by atoms with E-state index in [-0.39, 0.29) is 0 Å². The first kappa shape index (κ1) is 13.1. The van der Waals surface area contributed by atoms with E-state index >= 15 is 0 Å². The SMILES string of the molecule is NCc1cccc(CN)c1.OB(O)O. The van der Waals surface area contributed by atoms with Gasteiger partial charge in [0.2, 0.25) is 0 Å². The minimum absolute atomic E-state index is 0.591. The second-order valence-corrected chi connectivity index (χ2v) is 2.57. The maximum absolute atomic E-state index is 7.17. The van der Waals surface area contributed by atoms with Crippen molar-refractivity contribution in [2.75, 3.05) is 0 Å². The molecule has 0 spiro atoms. The monoisotopic (exact) mass is 198 g/mol. The molecular weight excluding hydrogens is 183 g/mol. The highest BCUT2D eigenvalue weighted by molar-refractivity contribution is 6.30. The normalized spacial score (nSPS) is 8.93. The maximum Gasteiger partial charge on any atom is 0.631 e. The summed E-state index contributed by atoms with van der Waals surface area (Å²) < 4.78 is 0. The lowest BCUT2D eigenvalue weighted by molar-refractivity contribution is 0.278. The fourth-order valence-electron chi connectivity index (χ4n) is 0.884. The zero-order valence-corrected chi connectivity index (χ0v) is 7.80.